The van der Waals surface area contributed by atoms with Crippen molar-refractivity contribution < 1.29 is 13.9 Å². The fourth-order valence-corrected chi connectivity index (χ4v) is 3.34. The van der Waals surface area contributed by atoms with E-state index in [0.717, 1.165) is 24.3 Å². The van der Waals surface area contributed by atoms with Gasteiger partial charge >= 0.3 is 0 Å². The molecule has 0 N–H and O–H groups in total. The average Bonchev–Trinajstić information content (AvgIpc) is 2.89. The molecule has 2 saturated heterocycles. The van der Waals surface area contributed by atoms with Crippen LogP contribution in [0.3, 0.4) is 0 Å². The minimum absolute atomic E-state index is 0.0183. The second kappa shape index (κ2) is 5.16. The number of hydrogen-bond acceptors (Lipinski definition) is 3. The van der Waals surface area contributed by atoms with Crippen molar-refractivity contribution in [2.24, 2.45) is 0 Å². The molecule has 0 saturated carbocycles. The third kappa shape index (κ3) is 2.09. The van der Waals surface area contributed by atoms with E-state index >= 15 is 0 Å². The molecular formula is C17H18FN3O2. The monoisotopic (exact) mass is 315 g/mol. The molecule has 0 bridgehead atoms. The van der Waals surface area contributed by atoms with Crippen LogP contribution in [0.1, 0.15) is 29.4 Å². The van der Waals surface area contributed by atoms with Crippen molar-refractivity contribution in [2.45, 2.75) is 25.3 Å². The molecule has 1 aromatic carbocycles. The average molecular weight is 315 g/mol. The Balaban J connectivity index is 1.67. The Morgan fingerprint density at radius 2 is 2.09 bits per heavy atom. The van der Waals surface area contributed by atoms with E-state index < -0.39 is 0 Å². The Morgan fingerprint density at radius 3 is 2.61 bits per heavy atom. The molecule has 4 rings (SSSR count). The summed E-state index contributed by atoms with van der Waals surface area (Å²) in [6.07, 6.45) is 3.30. The number of hydrogen-bond donors (Lipinski definition) is 0. The normalized spacial score (nSPS) is 18.6. The van der Waals surface area contributed by atoms with Crippen molar-refractivity contribution in [3.05, 3.63) is 47.5 Å². The van der Waals surface area contributed by atoms with Gasteiger partial charge < -0.3 is 9.64 Å². The van der Waals surface area contributed by atoms with E-state index in [0.29, 0.717) is 25.2 Å². The summed E-state index contributed by atoms with van der Waals surface area (Å²) >= 11 is 0. The van der Waals surface area contributed by atoms with Crippen molar-refractivity contribution in [1.29, 1.82) is 0 Å². The summed E-state index contributed by atoms with van der Waals surface area (Å²) in [5.41, 5.74) is 2.15. The first-order chi connectivity index (χ1) is 11.1. The number of carbonyl (C=O) groups is 1. The quantitative estimate of drug-likeness (QED) is 0.872. The number of ether oxygens (including phenoxy) is 1. The summed E-state index contributed by atoms with van der Waals surface area (Å²) in [7, 11) is 0. The van der Waals surface area contributed by atoms with Crippen LogP contribution in [0.25, 0.3) is 5.69 Å². The van der Waals surface area contributed by atoms with Gasteiger partial charge in [-0.1, -0.05) is 6.92 Å². The number of rotatable bonds is 3. The van der Waals surface area contributed by atoms with Gasteiger partial charge in [-0.05, 0) is 37.1 Å². The van der Waals surface area contributed by atoms with Gasteiger partial charge in [0.05, 0.1) is 41.9 Å². The molecule has 1 aromatic heterocycles. The van der Waals surface area contributed by atoms with Crippen LogP contribution < -0.4 is 0 Å². The van der Waals surface area contributed by atoms with Crippen LogP contribution in [0.15, 0.2) is 30.5 Å². The van der Waals surface area contributed by atoms with Crippen molar-refractivity contribution >= 4 is 5.91 Å². The van der Waals surface area contributed by atoms with Crippen LogP contribution in [0, 0.1) is 5.82 Å². The Labute approximate surface area is 133 Å². The number of nitrogens with zero attached hydrogens (tertiary/aromatic N) is 3. The van der Waals surface area contributed by atoms with E-state index in [1.54, 1.807) is 23.0 Å². The molecule has 1 spiro atoms. The lowest BCUT2D eigenvalue weighted by Gasteiger charge is -2.57. The SMILES string of the molecule is CCc1c(C(=O)N2CCC23COC3)cnn1-c1ccc(F)cc1. The fourth-order valence-electron chi connectivity index (χ4n) is 3.34. The summed E-state index contributed by atoms with van der Waals surface area (Å²) in [4.78, 5) is 14.8. The van der Waals surface area contributed by atoms with Crippen LogP contribution in [-0.2, 0) is 11.2 Å². The van der Waals surface area contributed by atoms with Crippen LogP contribution in [0.4, 0.5) is 4.39 Å². The maximum atomic E-state index is 13.1. The molecule has 1 amide bonds. The summed E-state index contributed by atoms with van der Waals surface area (Å²) in [6.45, 7) is 4.03. The van der Waals surface area contributed by atoms with Gasteiger partial charge in [-0.3, -0.25) is 4.79 Å². The van der Waals surface area contributed by atoms with Gasteiger partial charge in [0, 0.05) is 6.54 Å². The lowest BCUT2D eigenvalue weighted by atomic mass is 9.82. The standard InChI is InChI=1S/C17H18FN3O2/c1-2-15-14(16(22)20-8-7-17(20)10-23-11-17)9-19-21(15)13-5-3-12(18)4-6-13/h3-6,9H,2,7-8,10-11H2,1H3. The molecule has 0 radical (unpaired) electrons. The van der Waals surface area contributed by atoms with Crippen molar-refractivity contribution in [2.75, 3.05) is 19.8 Å². The first kappa shape index (κ1) is 14.4. The second-order valence-corrected chi connectivity index (χ2v) is 6.17. The predicted octanol–water partition coefficient (Wildman–Crippen LogP) is 2.19. The number of carbonyl (C=O) groups excluding carboxylic acids is 1. The first-order valence-electron chi connectivity index (χ1n) is 7.87. The van der Waals surface area contributed by atoms with E-state index in [4.69, 9.17) is 4.74 Å². The molecule has 2 aliphatic rings. The van der Waals surface area contributed by atoms with E-state index in [1.807, 2.05) is 11.8 Å². The molecule has 2 aromatic rings. The largest absolute Gasteiger partial charge is 0.376 e. The summed E-state index contributed by atoms with van der Waals surface area (Å²) in [5.74, 6) is -0.271. The predicted molar refractivity (Wildman–Crippen MR) is 82.1 cm³/mol. The van der Waals surface area contributed by atoms with E-state index in [9.17, 15) is 9.18 Å². The van der Waals surface area contributed by atoms with Gasteiger partial charge in [-0.2, -0.15) is 5.10 Å². The lowest BCUT2D eigenvalue weighted by molar-refractivity contribution is -0.172. The maximum absolute atomic E-state index is 13.1. The molecule has 120 valence electrons. The van der Waals surface area contributed by atoms with Gasteiger partial charge in [0.1, 0.15) is 5.82 Å². The zero-order valence-electron chi connectivity index (χ0n) is 13.0. The van der Waals surface area contributed by atoms with E-state index in [1.165, 1.54) is 12.1 Å². The lowest BCUT2D eigenvalue weighted by Crippen LogP contribution is -2.72. The summed E-state index contributed by atoms with van der Waals surface area (Å²) in [6, 6.07) is 6.13. The van der Waals surface area contributed by atoms with Gasteiger partial charge in [0.15, 0.2) is 0 Å². The van der Waals surface area contributed by atoms with E-state index in [-0.39, 0.29) is 17.3 Å². The molecule has 3 heterocycles. The van der Waals surface area contributed by atoms with Gasteiger partial charge in [0.2, 0.25) is 0 Å². The van der Waals surface area contributed by atoms with Crippen LogP contribution in [-0.4, -0.2) is 45.9 Å². The molecule has 6 heteroatoms. The topological polar surface area (TPSA) is 47.4 Å². The number of aromatic nitrogens is 2. The van der Waals surface area contributed by atoms with E-state index in [2.05, 4.69) is 5.10 Å². The van der Waals surface area contributed by atoms with Crippen molar-refractivity contribution in [1.82, 2.24) is 14.7 Å². The molecule has 0 atom stereocenters. The highest BCUT2D eigenvalue weighted by Crippen LogP contribution is 2.38. The van der Waals surface area contributed by atoms with Gasteiger partial charge in [0.25, 0.3) is 5.91 Å². The summed E-state index contributed by atoms with van der Waals surface area (Å²) < 4.78 is 20.1. The fraction of sp³-hybridized carbons (Fsp3) is 0.412. The zero-order chi connectivity index (χ0) is 16.0. The van der Waals surface area contributed by atoms with Gasteiger partial charge in [-0.15, -0.1) is 0 Å². The van der Waals surface area contributed by atoms with Crippen molar-refractivity contribution in [3.8, 4) is 5.69 Å². The maximum Gasteiger partial charge on any atom is 0.257 e. The molecule has 2 aliphatic heterocycles. The highest BCUT2D eigenvalue weighted by molar-refractivity contribution is 5.96. The van der Waals surface area contributed by atoms with Crippen LogP contribution in [0.5, 0.6) is 0 Å². The molecule has 5 nitrogen and oxygen atoms in total. The minimum atomic E-state index is -0.289. The van der Waals surface area contributed by atoms with Gasteiger partial charge in [-0.25, -0.2) is 9.07 Å². The van der Waals surface area contributed by atoms with Crippen LogP contribution >= 0.6 is 0 Å². The molecule has 23 heavy (non-hydrogen) atoms. The minimum Gasteiger partial charge on any atom is -0.376 e. The second-order valence-electron chi connectivity index (χ2n) is 6.17. The van der Waals surface area contributed by atoms with Crippen LogP contribution in [0.2, 0.25) is 0 Å². The van der Waals surface area contributed by atoms with Crippen molar-refractivity contribution in [3.63, 3.8) is 0 Å². The zero-order valence-corrected chi connectivity index (χ0v) is 13.0. The Bertz CT molecular complexity index is 744. The third-order valence-corrected chi connectivity index (χ3v) is 4.87. The molecular weight excluding hydrogens is 297 g/mol. The molecule has 0 aliphatic carbocycles. The first-order valence-corrected chi connectivity index (χ1v) is 7.87. The number of likely N-dealkylation sites (tertiary alicyclic amines) is 1. The molecule has 2 fully saturated rings. The number of halogens is 1. The Kier molecular flexibility index (Phi) is 3.23. The smallest absolute Gasteiger partial charge is 0.257 e. The highest BCUT2D eigenvalue weighted by atomic mass is 19.1. The summed E-state index contributed by atoms with van der Waals surface area (Å²) in [5, 5.41) is 4.36. The number of amides is 1. The highest BCUT2D eigenvalue weighted by Gasteiger charge is 2.53. The Hall–Kier alpha value is -2.21. The Morgan fingerprint density at radius 1 is 1.35 bits per heavy atom. The third-order valence-electron chi connectivity index (χ3n) is 4.87. The molecule has 0 unspecified atom stereocenters. The number of benzene rings is 1.